The van der Waals surface area contributed by atoms with Crippen molar-refractivity contribution in [1.29, 1.82) is 0 Å². The molecule has 0 aliphatic rings. The Morgan fingerprint density at radius 1 is 1.29 bits per heavy atom. The maximum absolute atomic E-state index is 12.0. The van der Waals surface area contributed by atoms with E-state index in [-0.39, 0.29) is 22.2 Å². The molecule has 21 heavy (non-hydrogen) atoms. The van der Waals surface area contributed by atoms with Gasteiger partial charge in [-0.05, 0) is 29.8 Å². The molecule has 1 N–H and O–H groups in total. The number of nitro groups is 1. The van der Waals surface area contributed by atoms with Crippen LogP contribution in [-0.2, 0) is 6.54 Å². The van der Waals surface area contributed by atoms with Gasteiger partial charge in [-0.2, -0.15) is 0 Å². The fourth-order valence-corrected chi connectivity index (χ4v) is 2.42. The van der Waals surface area contributed by atoms with Crippen molar-refractivity contribution in [2.75, 3.05) is 0 Å². The zero-order valence-corrected chi connectivity index (χ0v) is 13.0. The predicted octanol–water partition coefficient (Wildman–Crippen LogP) is 3.94. The lowest BCUT2D eigenvalue weighted by Crippen LogP contribution is -2.22. The van der Waals surface area contributed by atoms with Gasteiger partial charge >= 0.3 is 0 Å². The highest BCUT2D eigenvalue weighted by Crippen LogP contribution is 2.24. The van der Waals surface area contributed by atoms with E-state index in [9.17, 15) is 14.9 Å². The fraction of sp³-hybridized carbons (Fsp3) is 0.0714. The van der Waals surface area contributed by atoms with Crippen LogP contribution in [0.5, 0.6) is 0 Å². The van der Waals surface area contributed by atoms with E-state index < -0.39 is 4.92 Å². The Morgan fingerprint density at radius 2 is 2.05 bits per heavy atom. The topological polar surface area (TPSA) is 72.2 Å². The van der Waals surface area contributed by atoms with Crippen LogP contribution in [0.2, 0.25) is 5.02 Å². The maximum atomic E-state index is 12.0. The van der Waals surface area contributed by atoms with E-state index in [2.05, 4.69) is 21.2 Å². The normalized spacial score (nSPS) is 10.2. The van der Waals surface area contributed by atoms with Crippen LogP contribution in [0.1, 0.15) is 15.9 Å². The summed E-state index contributed by atoms with van der Waals surface area (Å²) in [7, 11) is 0. The number of halogens is 2. The van der Waals surface area contributed by atoms with Crippen molar-refractivity contribution >= 4 is 39.1 Å². The van der Waals surface area contributed by atoms with E-state index in [4.69, 9.17) is 11.6 Å². The van der Waals surface area contributed by atoms with Gasteiger partial charge in [0.1, 0.15) is 5.02 Å². The molecule has 2 aromatic rings. The number of rotatable bonds is 4. The Balaban J connectivity index is 2.07. The van der Waals surface area contributed by atoms with Crippen LogP contribution < -0.4 is 5.32 Å². The van der Waals surface area contributed by atoms with Crippen LogP contribution in [0.4, 0.5) is 5.69 Å². The monoisotopic (exact) mass is 368 g/mol. The predicted molar refractivity (Wildman–Crippen MR) is 83.4 cm³/mol. The zero-order chi connectivity index (χ0) is 15.4. The number of hydrogen-bond donors (Lipinski definition) is 1. The molecule has 0 saturated heterocycles. The second kappa shape index (κ2) is 6.69. The van der Waals surface area contributed by atoms with Crippen molar-refractivity contribution in [2.45, 2.75) is 6.54 Å². The summed E-state index contributed by atoms with van der Waals surface area (Å²) in [6.07, 6.45) is 0. The summed E-state index contributed by atoms with van der Waals surface area (Å²) in [5.74, 6) is -0.341. The molecule has 0 saturated carbocycles. The molecule has 0 fully saturated rings. The molecule has 0 atom stereocenters. The number of hydrogen-bond acceptors (Lipinski definition) is 3. The number of carbonyl (C=O) groups is 1. The summed E-state index contributed by atoms with van der Waals surface area (Å²) in [4.78, 5) is 22.1. The van der Waals surface area contributed by atoms with Crippen LogP contribution in [0.15, 0.2) is 46.9 Å². The van der Waals surface area contributed by atoms with E-state index >= 15 is 0 Å². The van der Waals surface area contributed by atoms with E-state index in [1.165, 1.54) is 18.2 Å². The van der Waals surface area contributed by atoms with Crippen LogP contribution in [0, 0.1) is 10.1 Å². The number of carbonyl (C=O) groups excluding carboxylic acids is 1. The second-order valence-corrected chi connectivity index (χ2v) is 5.56. The van der Waals surface area contributed by atoms with E-state index in [1.54, 1.807) is 0 Å². The molecule has 0 radical (unpaired) electrons. The third-order valence-electron chi connectivity index (χ3n) is 2.75. The number of amides is 1. The van der Waals surface area contributed by atoms with Gasteiger partial charge in [0, 0.05) is 22.6 Å². The Morgan fingerprint density at radius 3 is 2.67 bits per heavy atom. The molecule has 2 rings (SSSR count). The van der Waals surface area contributed by atoms with Gasteiger partial charge in [-0.25, -0.2) is 0 Å². The molecular weight excluding hydrogens is 360 g/mol. The van der Waals surface area contributed by atoms with Gasteiger partial charge in [0.2, 0.25) is 0 Å². The molecule has 1 amide bonds. The van der Waals surface area contributed by atoms with Gasteiger partial charge < -0.3 is 5.32 Å². The van der Waals surface area contributed by atoms with Gasteiger partial charge in [-0.3, -0.25) is 14.9 Å². The zero-order valence-electron chi connectivity index (χ0n) is 10.7. The van der Waals surface area contributed by atoms with Gasteiger partial charge in [0.05, 0.1) is 4.92 Å². The molecule has 0 aromatic heterocycles. The largest absolute Gasteiger partial charge is 0.348 e. The van der Waals surface area contributed by atoms with Gasteiger partial charge in [0.15, 0.2) is 0 Å². The van der Waals surface area contributed by atoms with Crippen molar-refractivity contribution in [1.82, 2.24) is 5.32 Å². The van der Waals surface area contributed by atoms with Gasteiger partial charge in [-0.15, -0.1) is 0 Å². The highest BCUT2D eigenvalue weighted by atomic mass is 79.9. The molecule has 5 nitrogen and oxygen atoms in total. The van der Waals surface area contributed by atoms with Crippen molar-refractivity contribution in [3.8, 4) is 0 Å². The molecular formula is C14H10BrClN2O3. The van der Waals surface area contributed by atoms with Crippen molar-refractivity contribution in [3.05, 3.63) is 73.2 Å². The first kappa shape index (κ1) is 15.5. The Labute approximate surface area is 134 Å². The quantitative estimate of drug-likeness (QED) is 0.655. The van der Waals surface area contributed by atoms with Crippen molar-refractivity contribution in [3.63, 3.8) is 0 Å². The minimum Gasteiger partial charge on any atom is -0.348 e. The molecule has 2 aromatic carbocycles. The molecule has 0 spiro atoms. The highest BCUT2D eigenvalue weighted by molar-refractivity contribution is 9.10. The highest BCUT2D eigenvalue weighted by Gasteiger charge is 2.15. The fourth-order valence-electron chi connectivity index (χ4n) is 1.73. The smallest absolute Gasteiger partial charge is 0.287 e. The van der Waals surface area contributed by atoms with Gasteiger partial charge in [-0.1, -0.05) is 39.7 Å². The summed E-state index contributed by atoms with van der Waals surface area (Å²) in [5, 5.41) is 13.3. The average Bonchev–Trinajstić information content (AvgIpc) is 2.44. The van der Waals surface area contributed by atoms with E-state index in [0.717, 1.165) is 10.0 Å². The number of nitro benzene ring substituents is 1. The first-order chi connectivity index (χ1) is 9.97. The lowest BCUT2D eigenvalue weighted by Gasteiger charge is -2.06. The molecule has 0 aliphatic carbocycles. The Kier molecular flexibility index (Phi) is 4.93. The van der Waals surface area contributed by atoms with Crippen LogP contribution >= 0.6 is 27.5 Å². The summed E-state index contributed by atoms with van der Waals surface area (Å²) >= 11 is 9.13. The first-order valence-electron chi connectivity index (χ1n) is 5.94. The SMILES string of the molecule is O=C(NCc1cccc(Br)c1)c1ccc([N+](=O)[O-])c(Cl)c1. The van der Waals surface area contributed by atoms with Crippen LogP contribution in [0.25, 0.3) is 0 Å². The number of nitrogens with one attached hydrogen (secondary N) is 1. The third-order valence-corrected chi connectivity index (χ3v) is 3.54. The number of nitrogens with zero attached hydrogens (tertiary/aromatic N) is 1. The Hall–Kier alpha value is -1.92. The minimum absolute atomic E-state index is 0.0601. The molecule has 0 heterocycles. The third kappa shape index (κ3) is 4.03. The first-order valence-corrected chi connectivity index (χ1v) is 7.11. The number of benzene rings is 2. The molecule has 0 unspecified atom stereocenters. The summed E-state index contributed by atoms with van der Waals surface area (Å²) < 4.78 is 0.924. The van der Waals surface area contributed by atoms with Gasteiger partial charge in [0.25, 0.3) is 11.6 Å². The van der Waals surface area contributed by atoms with E-state index in [1.807, 2.05) is 24.3 Å². The average molecular weight is 370 g/mol. The summed E-state index contributed by atoms with van der Waals surface area (Å²) in [6, 6.07) is 11.4. The maximum Gasteiger partial charge on any atom is 0.287 e. The standard InChI is InChI=1S/C14H10BrClN2O3/c15-11-3-1-2-9(6-11)8-17-14(19)10-4-5-13(18(20)21)12(16)7-10/h1-7H,8H2,(H,17,19). The van der Waals surface area contributed by atoms with Crippen LogP contribution in [0.3, 0.4) is 0 Å². The minimum atomic E-state index is -0.592. The molecule has 7 heteroatoms. The molecule has 0 aliphatic heterocycles. The van der Waals surface area contributed by atoms with Crippen molar-refractivity contribution in [2.24, 2.45) is 0 Å². The second-order valence-electron chi connectivity index (χ2n) is 4.24. The van der Waals surface area contributed by atoms with E-state index in [0.29, 0.717) is 6.54 Å². The summed E-state index contributed by atoms with van der Waals surface area (Å²) in [5.41, 5.74) is 0.992. The lowest BCUT2D eigenvalue weighted by atomic mass is 10.2. The summed E-state index contributed by atoms with van der Waals surface area (Å²) in [6.45, 7) is 0.354. The molecule has 108 valence electrons. The molecule has 0 bridgehead atoms. The Bertz CT molecular complexity index is 706. The lowest BCUT2D eigenvalue weighted by molar-refractivity contribution is -0.384. The van der Waals surface area contributed by atoms with Crippen LogP contribution in [-0.4, -0.2) is 10.8 Å². The van der Waals surface area contributed by atoms with Crippen molar-refractivity contribution < 1.29 is 9.72 Å².